The molecular weight excluding hydrogens is 380 g/mol. The first-order valence-electron chi connectivity index (χ1n) is 8.35. The van der Waals surface area contributed by atoms with Crippen molar-refractivity contribution in [3.05, 3.63) is 58.1 Å². The van der Waals surface area contributed by atoms with Gasteiger partial charge in [0.2, 0.25) is 0 Å². The molecule has 0 aliphatic rings. The molecule has 0 spiro atoms. The normalized spacial score (nSPS) is 11.1. The number of hydrogen-bond acceptors (Lipinski definition) is 7. The van der Waals surface area contributed by atoms with Crippen molar-refractivity contribution in [2.75, 3.05) is 14.2 Å². The first-order chi connectivity index (χ1) is 13.6. The maximum Gasteiger partial charge on any atom is 0.337 e. The molecule has 2 heterocycles. The van der Waals surface area contributed by atoms with Gasteiger partial charge in [-0.25, -0.2) is 14.8 Å². The molecule has 0 saturated carbocycles. The van der Waals surface area contributed by atoms with E-state index in [-0.39, 0.29) is 5.56 Å². The first kappa shape index (κ1) is 18.1. The number of ether oxygens (including phenoxy) is 2. The third-order valence-corrected chi connectivity index (χ3v) is 5.07. The lowest BCUT2D eigenvalue weighted by molar-refractivity contribution is 0.0601. The Balaban J connectivity index is 1.60. The highest BCUT2D eigenvalue weighted by Gasteiger charge is 2.11. The summed E-state index contributed by atoms with van der Waals surface area (Å²) >= 11 is 1.41. The van der Waals surface area contributed by atoms with Gasteiger partial charge in [0.05, 0.1) is 47.5 Å². The Labute approximate surface area is 163 Å². The molecule has 0 bridgehead atoms. The van der Waals surface area contributed by atoms with Crippen molar-refractivity contribution < 1.29 is 14.3 Å². The van der Waals surface area contributed by atoms with E-state index in [4.69, 9.17) is 9.47 Å². The lowest BCUT2D eigenvalue weighted by Crippen LogP contribution is -2.12. The molecule has 0 fully saturated rings. The average Bonchev–Trinajstić information content (AvgIpc) is 3.13. The van der Waals surface area contributed by atoms with Gasteiger partial charge in [-0.15, -0.1) is 0 Å². The van der Waals surface area contributed by atoms with Gasteiger partial charge in [-0.2, -0.15) is 0 Å². The van der Waals surface area contributed by atoms with E-state index >= 15 is 0 Å². The van der Waals surface area contributed by atoms with Gasteiger partial charge in [0.1, 0.15) is 11.6 Å². The predicted molar refractivity (Wildman–Crippen MR) is 106 cm³/mol. The summed E-state index contributed by atoms with van der Waals surface area (Å²) in [5.41, 5.74) is 2.22. The molecule has 142 valence electrons. The summed E-state index contributed by atoms with van der Waals surface area (Å²) in [4.78, 5) is 39.0. The van der Waals surface area contributed by atoms with Crippen LogP contribution in [0.4, 0.5) is 0 Å². The van der Waals surface area contributed by atoms with Crippen LogP contribution in [0.5, 0.6) is 5.75 Å². The van der Waals surface area contributed by atoms with Crippen LogP contribution in [0.2, 0.25) is 0 Å². The third-order valence-electron chi connectivity index (χ3n) is 4.19. The number of benzene rings is 2. The zero-order chi connectivity index (χ0) is 19.7. The standard InChI is InChI=1S/C19H16N4O4S/c1-26-11-4-6-13-15(8-11)22-19(21-13)28-9-16-20-14-7-10(18(25)27-2)3-5-12(14)17(24)23-16/h3-8H,9H2,1-2H3,(H,21,22)(H,20,23,24). The second-order valence-corrected chi connectivity index (χ2v) is 6.91. The number of imidazole rings is 1. The van der Waals surface area contributed by atoms with Gasteiger partial charge in [-0.3, -0.25) is 4.79 Å². The number of thioether (sulfide) groups is 1. The zero-order valence-corrected chi connectivity index (χ0v) is 15.9. The first-order valence-corrected chi connectivity index (χ1v) is 9.34. The van der Waals surface area contributed by atoms with Gasteiger partial charge in [-0.05, 0) is 30.3 Å². The second kappa shape index (κ2) is 7.35. The highest BCUT2D eigenvalue weighted by Crippen LogP contribution is 2.24. The Morgan fingerprint density at radius 1 is 1.07 bits per heavy atom. The Morgan fingerprint density at radius 2 is 1.93 bits per heavy atom. The molecule has 28 heavy (non-hydrogen) atoms. The van der Waals surface area contributed by atoms with Crippen LogP contribution < -0.4 is 10.3 Å². The van der Waals surface area contributed by atoms with Crippen molar-refractivity contribution in [2.24, 2.45) is 0 Å². The van der Waals surface area contributed by atoms with Crippen molar-refractivity contribution in [1.29, 1.82) is 0 Å². The van der Waals surface area contributed by atoms with Gasteiger partial charge >= 0.3 is 5.97 Å². The SMILES string of the molecule is COC(=O)c1ccc2c(=O)[nH]c(CSc3nc4ccc(OC)cc4[nH]3)nc2c1. The number of carbonyl (C=O) groups is 1. The highest BCUT2D eigenvalue weighted by molar-refractivity contribution is 7.98. The van der Waals surface area contributed by atoms with E-state index in [1.54, 1.807) is 25.3 Å². The smallest absolute Gasteiger partial charge is 0.337 e. The molecule has 0 saturated heterocycles. The van der Waals surface area contributed by atoms with E-state index < -0.39 is 5.97 Å². The minimum Gasteiger partial charge on any atom is -0.497 e. The number of carbonyl (C=O) groups excluding carboxylic acids is 1. The minimum atomic E-state index is -0.474. The molecule has 8 nitrogen and oxygen atoms in total. The molecular formula is C19H16N4O4S. The molecule has 0 atom stereocenters. The van der Waals surface area contributed by atoms with Crippen molar-refractivity contribution in [3.8, 4) is 5.75 Å². The number of aromatic amines is 2. The average molecular weight is 396 g/mol. The quantitative estimate of drug-likeness (QED) is 0.394. The highest BCUT2D eigenvalue weighted by atomic mass is 32.2. The summed E-state index contributed by atoms with van der Waals surface area (Å²) in [5.74, 6) is 1.17. The van der Waals surface area contributed by atoms with Crippen molar-refractivity contribution >= 4 is 39.7 Å². The molecule has 0 unspecified atom stereocenters. The van der Waals surface area contributed by atoms with E-state index in [1.807, 2.05) is 18.2 Å². The monoisotopic (exact) mass is 396 g/mol. The van der Waals surface area contributed by atoms with Crippen molar-refractivity contribution in [1.82, 2.24) is 19.9 Å². The Hall–Kier alpha value is -3.33. The van der Waals surface area contributed by atoms with Gasteiger partial charge in [-0.1, -0.05) is 11.8 Å². The van der Waals surface area contributed by atoms with Crippen LogP contribution in [0.1, 0.15) is 16.2 Å². The number of fused-ring (bicyclic) bond motifs is 2. The minimum absolute atomic E-state index is 0.258. The molecule has 2 aromatic heterocycles. The van der Waals surface area contributed by atoms with E-state index in [1.165, 1.54) is 18.9 Å². The van der Waals surface area contributed by atoms with Gasteiger partial charge in [0.15, 0.2) is 5.16 Å². The number of nitrogens with zero attached hydrogens (tertiary/aromatic N) is 2. The fraction of sp³-hybridized carbons (Fsp3) is 0.158. The fourth-order valence-electron chi connectivity index (χ4n) is 2.80. The van der Waals surface area contributed by atoms with Gasteiger partial charge < -0.3 is 19.4 Å². The topological polar surface area (TPSA) is 110 Å². The van der Waals surface area contributed by atoms with Crippen LogP contribution in [0.25, 0.3) is 21.9 Å². The number of aromatic nitrogens is 4. The molecule has 2 N–H and O–H groups in total. The number of nitrogens with one attached hydrogen (secondary N) is 2. The van der Waals surface area contributed by atoms with Crippen molar-refractivity contribution in [3.63, 3.8) is 0 Å². The second-order valence-electron chi connectivity index (χ2n) is 5.95. The van der Waals surface area contributed by atoms with Gasteiger partial charge in [0, 0.05) is 6.07 Å². The Morgan fingerprint density at radius 3 is 2.71 bits per heavy atom. The summed E-state index contributed by atoms with van der Waals surface area (Å²) in [5, 5.41) is 1.12. The molecule has 4 rings (SSSR count). The number of hydrogen-bond donors (Lipinski definition) is 2. The predicted octanol–water partition coefficient (Wildman–Crippen LogP) is 2.89. The van der Waals surface area contributed by atoms with E-state index in [0.29, 0.717) is 33.2 Å². The molecule has 4 aromatic rings. The summed E-state index contributed by atoms with van der Waals surface area (Å²) in [7, 11) is 2.92. The maximum atomic E-state index is 12.3. The van der Waals surface area contributed by atoms with Crippen LogP contribution >= 0.6 is 11.8 Å². The lowest BCUT2D eigenvalue weighted by Gasteiger charge is -2.04. The Bertz CT molecular complexity index is 1250. The number of rotatable bonds is 5. The van der Waals surface area contributed by atoms with Gasteiger partial charge in [0.25, 0.3) is 5.56 Å². The van der Waals surface area contributed by atoms with Crippen LogP contribution in [0.15, 0.2) is 46.3 Å². The number of esters is 1. The summed E-state index contributed by atoms with van der Waals surface area (Å²) in [6.07, 6.45) is 0. The maximum absolute atomic E-state index is 12.3. The molecule has 0 aliphatic carbocycles. The molecule has 9 heteroatoms. The van der Waals surface area contributed by atoms with E-state index in [9.17, 15) is 9.59 Å². The Kier molecular flexibility index (Phi) is 4.74. The summed E-state index contributed by atoms with van der Waals surface area (Å²) in [6, 6.07) is 10.3. The van der Waals surface area contributed by atoms with Crippen LogP contribution in [-0.4, -0.2) is 40.1 Å². The van der Waals surface area contributed by atoms with Crippen LogP contribution in [0.3, 0.4) is 0 Å². The third kappa shape index (κ3) is 3.44. The number of methoxy groups -OCH3 is 2. The summed E-state index contributed by atoms with van der Waals surface area (Å²) < 4.78 is 9.93. The molecule has 0 radical (unpaired) electrons. The van der Waals surface area contributed by atoms with Crippen LogP contribution in [-0.2, 0) is 10.5 Å². The number of H-pyrrole nitrogens is 2. The van der Waals surface area contributed by atoms with E-state index in [0.717, 1.165) is 16.8 Å². The largest absolute Gasteiger partial charge is 0.497 e. The lowest BCUT2D eigenvalue weighted by atomic mass is 10.1. The zero-order valence-electron chi connectivity index (χ0n) is 15.1. The molecule has 0 aliphatic heterocycles. The van der Waals surface area contributed by atoms with Crippen molar-refractivity contribution in [2.45, 2.75) is 10.9 Å². The molecule has 0 amide bonds. The summed E-state index contributed by atoms with van der Waals surface area (Å²) in [6.45, 7) is 0. The van der Waals surface area contributed by atoms with Crippen LogP contribution in [0, 0.1) is 0 Å². The molecule has 2 aromatic carbocycles. The van der Waals surface area contributed by atoms with E-state index in [2.05, 4.69) is 19.9 Å². The fourth-order valence-corrected chi connectivity index (χ4v) is 3.55.